The molecule has 1 aliphatic heterocycles. The number of phenolic OH excluding ortho intramolecular Hbond substituents is 3. The van der Waals surface area contributed by atoms with Crippen LogP contribution in [0.2, 0.25) is 0 Å². The van der Waals surface area contributed by atoms with E-state index in [2.05, 4.69) is 4.90 Å². The molecule has 4 heterocycles. The normalized spacial score (nSPS) is 14.2. The second-order valence-electron chi connectivity index (χ2n) is 10.7. The summed E-state index contributed by atoms with van der Waals surface area (Å²) in [5.74, 6) is 0.589. The first-order chi connectivity index (χ1) is 21.3. The number of rotatable bonds is 6. The first-order valence-corrected chi connectivity index (χ1v) is 14.0. The van der Waals surface area contributed by atoms with E-state index in [4.69, 9.17) is 23.4 Å². The molecule has 11 heteroatoms. The smallest absolute Gasteiger partial charge is 0.361 e. The van der Waals surface area contributed by atoms with Gasteiger partial charge < -0.3 is 43.1 Å². The number of aromatic nitrogens is 1. The third-order valence-electron chi connectivity index (χ3n) is 8.38. The monoisotopic (exact) mass is 598 g/mol. The standard InChI is InChI=1S/C33H30N2O9/c1-40-25-12-17(4-5-22(25)36)28-29-20-14-26(41-2)23(37)15-24(20)44-33(39)31(29)35-7-6-18-19(30(28)35)13-27(42-3)32(38)21(18)16-34-8-10-43-11-9-34/h4-7,12-15,36-38H,8-11,16H2,1-3H3. The van der Waals surface area contributed by atoms with Gasteiger partial charge in [-0.2, -0.15) is 0 Å². The third-order valence-corrected chi connectivity index (χ3v) is 8.38. The van der Waals surface area contributed by atoms with Gasteiger partial charge in [-0.05, 0) is 41.3 Å². The number of methoxy groups -OCH3 is 3. The van der Waals surface area contributed by atoms with Crippen molar-refractivity contribution >= 4 is 38.2 Å². The van der Waals surface area contributed by atoms with Crippen LogP contribution >= 0.6 is 0 Å². The molecule has 0 aliphatic carbocycles. The Morgan fingerprint density at radius 3 is 2.23 bits per heavy atom. The fraction of sp³-hybridized carbons (Fsp3) is 0.242. The number of ether oxygens (including phenoxy) is 4. The van der Waals surface area contributed by atoms with E-state index in [1.54, 1.807) is 34.9 Å². The van der Waals surface area contributed by atoms with Crippen molar-refractivity contribution in [1.29, 1.82) is 0 Å². The molecule has 0 spiro atoms. The molecule has 0 atom stereocenters. The quantitative estimate of drug-likeness (QED) is 0.225. The molecule has 1 aliphatic rings. The highest BCUT2D eigenvalue weighted by Crippen LogP contribution is 2.47. The number of morpholine rings is 1. The number of hydrogen-bond donors (Lipinski definition) is 3. The molecule has 0 radical (unpaired) electrons. The molecule has 7 rings (SSSR count). The van der Waals surface area contributed by atoms with E-state index in [0.717, 1.165) is 23.9 Å². The number of fused-ring (bicyclic) bond motifs is 7. The van der Waals surface area contributed by atoms with Crippen LogP contribution in [0.3, 0.4) is 0 Å². The van der Waals surface area contributed by atoms with Gasteiger partial charge >= 0.3 is 5.63 Å². The molecule has 3 N–H and O–H groups in total. The second-order valence-corrected chi connectivity index (χ2v) is 10.7. The summed E-state index contributed by atoms with van der Waals surface area (Å²) in [4.78, 5) is 15.9. The highest BCUT2D eigenvalue weighted by Gasteiger charge is 2.26. The van der Waals surface area contributed by atoms with Crippen molar-refractivity contribution in [3.8, 4) is 45.6 Å². The van der Waals surface area contributed by atoms with E-state index in [-0.39, 0.29) is 45.6 Å². The van der Waals surface area contributed by atoms with Crippen LogP contribution in [-0.4, -0.2) is 72.3 Å². The Balaban J connectivity index is 1.69. The lowest BCUT2D eigenvalue weighted by atomic mass is 9.96. The average molecular weight is 599 g/mol. The third kappa shape index (κ3) is 4.15. The Hall–Kier alpha value is -5.13. The zero-order valence-corrected chi connectivity index (χ0v) is 24.3. The molecule has 6 aromatic rings. The number of phenols is 3. The molecular formula is C33H30N2O9. The van der Waals surface area contributed by atoms with Crippen LogP contribution in [0.5, 0.6) is 34.5 Å². The van der Waals surface area contributed by atoms with Gasteiger partial charge in [0.05, 0.1) is 40.1 Å². The van der Waals surface area contributed by atoms with Crippen LogP contribution in [0.1, 0.15) is 5.56 Å². The number of benzene rings is 3. The van der Waals surface area contributed by atoms with Crippen molar-refractivity contribution in [2.45, 2.75) is 6.54 Å². The van der Waals surface area contributed by atoms with Gasteiger partial charge in [-0.1, -0.05) is 6.07 Å². The zero-order valence-electron chi connectivity index (χ0n) is 24.3. The van der Waals surface area contributed by atoms with Gasteiger partial charge in [0.1, 0.15) is 11.1 Å². The van der Waals surface area contributed by atoms with Crippen LogP contribution < -0.4 is 19.8 Å². The fourth-order valence-corrected chi connectivity index (χ4v) is 6.27. The minimum atomic E-state index is -0.609. The maximum atomic E-state index is 13.7. The molecule has 11 nitrogen and oxygen atoms in total. The first-order valence-electron chi connectivity index (χ1n) is 14.0. The lowest BCUT2D eigenvalue weighted by molar-refractivity contribution is 0.0340. The van der Waals surface area contributed by atoms with Gasteiger partial charge in [0, 0.05) is 59.2 Å². The summed E-state index contributed by atoms with van der Waals surface area (Å²) in [5.41, 5.74) is 2.48. The van der Waals surface area contributed by atoms with Crippen molar-refractivity contribution < 1.29 is 38.7 Å². The van der Waals surface area contributed by atoms with E-state index in [1.807, 2.05) is 6.07 Å². The lowest BCUT2D eigenvalue weighted by Crippen LogP contribution is -2.35. The maximum Gasteiger partial charge on any atom is 0.361 e. The number of hydrogen-bond acceptors (Lipinski definition) is 10. The summed E-state index contributed by atoms with van der Waals surface area (Å²) in [7, 11) is 4.41. The molecule has 0 unspecified atom stereocenters. The second kappa shape index (κ2) is 10.5. The first kappa shape index (κ1) is 27.7. The molecular weight excluding hydrogens is 568 g/mol. The highest BCUT2D eigenvalue weighted by molar-refractivity contribution is 6.22. The molecule has 1 fully saturated rings. The molecule has 226 valence electrons. The van der Waals surface area contributed by atoms with Gasteiger partial charge in [0.15, 0.2) is 34.5 Å². The van der Waals surface area contributed by atoms with Gasteiger partial charge in [0.25, 0.3) is 0 Å². The van der Waals surface area contributed by atoms with E-state index in [9.17, 15) is 20.1 Å². The molecule has 0 amide bonds. The van der Waals surface area contributed by atoms with E-state index < -0.39 is 5.63 Å². The SMILES string of the molecule is COc1cc(-c2c3c4cc(OC)c(O)cc4oc(=O)c3n3ccc4c(CN5CCOCC5)c(O)c(OC)cc4c23)ccc1O. The van der Waals surface area contributed by atoms with Crippen molar-refractivity contribution in [3.05, 3.63) is 64.6 Å². The lowest BCUT2D eigenvalue weighted by Gasteiger charge is -2.27. The van der Waals surface area contributed by atoms with Crippen molar-refractivity contribution in [3.63, 3.8) is 0 Å². The van der Waals surface area contributed by atoms with Gasteiger partial charge in [-0.3, -0.25) is 4.90 Å². The number of nitrogens with zero attached hydrogens (tertiary/aromatic N) is 2. The summed E-state index contributed by atoms with van der Waals surface area (Å²) < 4.78 is 29.6. The number of pyridine rings is 1. The van der Waals surface area contributed by atoms with Crippen molar-refractivity contribution in [2.75, 3.05) is 47.6 Å². The minimum absolute atomic E-state index is 0.0377. The predicted octanol–water partition coefficient (Wildman–Crippen LogP) is 4.99. The predicted molar refractivity (Wildman–Crippen MR) is 165 cm³/mol. The maximum absolute atomic E-state index is 13.7. The molecule has 0 bridgehead atoms. The van der Waals surface area contributed by atoms with Gasteiger partial charge in [-0.25, -0.2) is 4.79 Å². The summed E-state index contributed by atoms with van der Waals surface area (Å²) in [6, 6.07) is 11.6. The van der Waals surface area contributed by atoms with Gasteiger partial charge in [0.2, 0.25) is 0 Å². The van der Waals surface area contributed by atoms with Crippen molar-refractivity contribution in [1.82, 2.24) is 9.30 Å². The molecule has 44 heavy (non-hydrogen) atoms. The largest absolute Gasteiger partial charge is 0.504 e. The molecule has 3 aromatic carbocycles. The Morgan fingerprint density at radius 1 is 0.795 bits per heavy atom. The summed E-state index contributed by atoms with van der Waals surface area (Å²) >= 11 is 0. The van der Waals surface area contributed by atoms with Crippen LogP contribution in [0.15, 0.2) is 57.9 Å². The molecule has 3 aromatic heterocycles. The topological polar surface area (TPSA) is 135 Å². The molecule has 0 saturated carbocycles. The Labute approximate surface area is 250 Å². The highest BCUT2D eigenvalue weighted by atomic mass is 16.5. The Morgan fingerprint density at radius 2 is 1.50 bits per heavy atom. The van der Waals surface area contributed by atoms with Crippen LogP contribution in [0, 0.1) is 0 Å². The van der Waals surface area contributed by atoms with Crippen molar-refractivity contribution in [2.24, 2.45) is 0 Å². The van der Waals surface area contributed by atoms with Crippen LogP contribution in [0.25, 0.3) is 49.3 Å². The molecule has 1 saturated heterocycles. The van der Waals surface area contributed by atoms with E-state index in [0.29, 0.717) is 52.7 Å². The van der Waals surface area contributed by atoms with E-state index in [1.165, 1.54) is 33.5 Å². The summed E-state index contributed by atoms with van der Waals surface area (Å²) in [5, 5.41) is 34.9. The number of aromatic hydroxyl groups is 3. The fourth-order valence-electron chi connectivity index (χ4n) is 6.27. The van der Waals surface area contributed by atoms with Crippen LogP contribution in [-0.2, 0) is 11.3 Å². The zero-order chi connectivity index (χ0) is 30.7. The minimum Gasteiger partial charge on any atom is -0.504 e. The van der Waals surface area contributed by atoms with E-state index >= 15 is 0 Å². The summed E-state index contributed by atoms with van der Waals surface area (Å²) in [6.45, 7) is 3.10. The Kier molecular flexibility index (Phi) is 6.64. The summed E-state index contributed by atoms with van der Waals surface area (Å²) in [6.07, 6.45) is 1.79. The average Bonchev–Trinajstić information content (AvgIpc) is 3.39. The van der Waals surface area contributed by atoms with Gasteiger partial charge in [-0.15, -0.1) is 0 Å². The van der Waals surface area contributed by atoms with Crippen LogP contribution in [0.4, 0.5) is 0 Å². The Bertz CT molecular complexity index is 2160.